The first-order valence-electron chi connectivity index (χ1n) is 7.05. The van der Waals surface area contributed by atoms with Crippen LogP contribution in [0.25, 0.3) is 0 Å². The predicted octanol–water partition coefficient (Wildman–Crippen LogP) is 3.19. The van der Waals surface area contributed by atoms with E-state index in [1.807, 2.05) is 31.7 Å². The lowest BCUT2D eigenvalue weighted by atomic mass is 9.96. The normalized spacial score (nSPS) is 14.4. The van der Waals surface area contributed by atoms with Gasteiger partial charge in [0.1, 0.15) is 23.3 Å². The fraction of sp³-hybridized carbons (Fsp3) is 0.375. The van der Waals surface area contributed by atoms with E-state index in [2.05, 4.69) is 9.97 Å². The highest BCUT2D eigenvalue weighted by molar-refractivity contribution is 5.68. The van der Waals surface area contributed by atoms with E-state index in [-0.39, 0.29) is 11.2 Å². The Hall–Kier alpha value is -2.17. The van der Waals surface area contributed by atoms with Gasteiger partial charge in [-0.15, -0.1) is 0 Å². The Bertz CT molecular complexity index is 691. The van der Waals surface area contributed by atoms with E-state index in [1.165, 1.54) is 6.07 Å². The van der Waals surface area contributed by atoms with Crippen molar-refractivity contribution in [2.24, 2.45) is 0 Å². The van der Waals surface area contributed by atoms with Crippen molar-refractivity contribution in [2.45, 2.75) is 32.6 Å². The molecule has 0 unspecified atom stereocenters. The molecule has 1 aromatic carbocycles. The fourth-order valence-corrected chi connectivity index (χ4v) is 2.52. The van der Waals surface area contributed by atoms with E-state index >= 15 is 0 Å². The van der Waals surface area contributed by atoms with Gasteiger partial charge in [0.05, 0.1) is 0 Å². The average Bonchev–Trinajstić information content (AvgIpc) is 2.79. The van der Waals surface area contributed by atoms with Crippen molar-refractivity contribution in [3.8, 4) is 0 Å². The van der Waals surface area contributed by atoms with Crippen LogP contribution in [-0.4, -0.2) is 16.5 Å². The third-order valence-electron chi connectivity index (χ3n) is 3.62. The predicted molar refractivity (Wildman–Crippen MR) is 82.3 cm³/mol. The maximum absolute atomic E-state index is 13.5. The molecule has 0 amide bonds. The summed E-state index contributed by atoms with van der Waals surface area (Å²) in [5.41, 5.74) is 7.73. The first-order valence-corrected chi connectivity index (χ1v) is 7.05. The Morgan fingerprint density at radius 3 is 2.67 bits per heavy atom. The summed E-state index contributed by atoms with van der Waals surface area (Å²) in [5.74, 6) is 1.63. The van der Waals surface area contributed by atoms with E-state index in [1.54, 1.807) is 12.1 Å². The van der Waals surface area contributed by atoms with Crippen LogP contribution >= 0.6 is 0 Å². The zero-order chi connectivity index (χ0) is 15.2. The SMILES string of the molecule is CC(C)(C)c1nc(N)cc(N2CCc3ccc(F)cc32)n1. The molecular formula is C16H19FN4. The molecule has 0 bridgehead atoms. The average molecular weight is 286 g/mol. The van der Waals surface area contributed by atoms with Crippen molar-refractivity contribution in [1.29, 1.82) is 0 Å². The van der Waals surface area contributed by atoms with E-state index < -0.39 is 0 Å². The van der Waals surface area contributed by atoms with Crippen LogP contribution in [-0.2, 0) is 11.8 Å². The molecule has 0 atom stereocenters. The molecular weight excluding hydrogens is 267 g/mol. The maximum Gasteiger partial charge on any atom is 0.138 e. The number of rotatable bonds is 1. The van der Waals surface area contributed by atoms with E-state index in [9.17, 15) is 4.39 Å². The zero-order valence-corrected chi connectivity index (χ0v) is 12.5. The summed E-state index contributed by atoms with van der Waals surface area (Å²) in [6.45, 7) is 6.91. The molecule has 0 fully saturated rings. The number of hydrogen-bond donors (Lipinski definition) is 1. The molecule has 2 heterocycles. The molecule has 1 aliphatic rings. The monoisotopic (exact) mass is 286 g/mol. The van der Waals surface area contributed by atoms with Crippen molar-refractivity contribution < 1.29 is 4.39 Å². The number of nitrogen functional groups attached to an aromatic ring is 1. The number of nitrogens with two attached hydrogens (primary N) is 1. The summed E-state index contributed by atoms with van der Waals surface area (Å²) in [6, 6.07) is 6.63. The highest BCUT2D eigenvalue weighted by Crippen LogP contribution is 2.35. The van der Waals surface area contributed by atoms with Crippen molar-refractivity contribution in [3.63, 3.8) is 0 Å². The van der Waals surface area contributed by atoms with Crippen LogP contribution in [0.15, 0.2) is 24.3 Å². The van der Waals surface area contributed by atoms with Crippen molar-refractivity contribution in [2.75, 3.05) is 17.2 Å². The van der Waals surface area contributed by atoms with Gasteiger partial charge in [0.2, 0.25) is 0 Å². The Morgan fingerprint density at radius 2 is 1.95 bits per heavy atom. The van der Waals surface area contributed by atoms with Gasteiger partial charge in [0, 0.05) is 23.7 Å². The minimum absolute atomic E-state index is 0.186. The van der Waals surface area contributed by atoms with Gasteiger partial charge in [0.25, 0.3) is 0 Å². The number of benzene rings is 1. The van der Waals surface area contributed by atoms with E-state index in [4.69, 9.17) is 5.73 Å². The molecule has 0 saturated carbocycles. The first-order chi connectivity index (χ1) is 9.84. The largest absolute Gasteiger partial charge is 0.384 e. The minimum Gasteiger partial charge on any atom is -0.384 e. The molecule has 21 heavy (non-hydrogen) atoms. The molecule has 110 valence electrons. The van der Waals surface area contributed by atoms with E-state index in [0.717, 1.165) is 30.0 Å². The van der Waals surface area contributed by atoms with Crippen LogP contribution in [0.3, 0.4) is 0 Å². The van der Waals surface area contributed by atoms with Gasteiger partial charge in [-0.05, 0) is 24.1 Å². The van der Waals surface area contributed by atoms with Crippen LogP contribution in [0.5, 0.6) is 0 Å². The Balaban J connectivity index is 2.07. The Morgan fingerprint density at radius 1 is 1.19 bits per heavy atom. The number of nitrogens with zero attached hydrogens (tertiary/aromatic N) is 3. The van der Waals surface area contributed by atoms with Crippen LogP contribution in [0.1, 0.15) is 32.2 Å². The molecule has 5 heteroatoms. The lowest BCUT2D eigenvalue weighted by Crippen LogP contribution is -2.21. The fourth-order valence-electron chi connectivity index (χ4n) is 2.52. The van der Waals surface area contributed by atoms with Crippen LogP contribution < -0.4 is 10.6 Å². The highest BCUT2D eigenvalue weighted by atomic mass is 19.1. The molecule has 0 aliphatic carbocycles. The second kappa shape index (κ2) is 4.69. The number of hydrogen-bond acceptors (Lipinski definition) is 4. The van der Waals surface area contributed by atoms with E-state index in [0.29, 0.717) is 11.6 Å². The number of anilines is 3. The molecule has 4 nitrogen and oxygen atoms in total. The lowest BCUT2D eigenvalue weighted by molar-refractivity contribution is 0.546. The van der Waals surface area contributed by atoms with Crippen molar-refractivity contribution in [1.82, 2.24) is 9.97 Å². The third kappa shape index (κ3) is 2.55. The Kier molecular flexibility index (Phi) is 3.08. The molecule has 3 rings (SSSR count). The van der Waals surface area contributed by atoms with Crippen LogP contribution in [0.2, 0.25) is 0 Å². The molecule has 2 aromatic rings. The molecule has 1 aromatic heterocycles. The van der Waals surface area contributed by atoms with Gasteiger partial charge in [-0.2, -0.15) is 0 Å². The summed E-state index contributed by atoms with van der Waals surface area (Å²) in [5, 5.41) is 0. The van der Waals surface area contributed by atoms with Crippen molar-refractivity contribution >= 4 is 17.3 Å². The molecule has 1 aliphatic heterocycles. The topological polar surface area (TPSA) is 55.0 Å². The molecule has 2 N–H and O–H groups in total. The van der Waals surface area contributed by atoms with Gasteiger partial charge in [-0.25, -0.2) is 14.4 Å². The minimum atomic E-state index is -0.237. The molecule has 0 saturated heterocycles. The second-order valence-corrected chi connectivity index (χ2v) is 6.40. The van der Waals surface area contributed by atoms with Gasteiger partial charge in [-0.3, -0.25) is 0 Å². The number of aromatic nitrogens is 2. The van der Waals surface area contributed by atoms with Crippen LogP contribution in [0, 0.1) is 5.82 Å². The number of fused-ring (bicyclic) bond motifs is 1. The standard InChI is InChI=1S/C16H19FN4/c1-16(2,3)15-19-13(18)9-14(20-15)21-7-6-10-4-5-11(17)8-12(10)21/h4-5,8-9H,6-7H2,1-3H3,(H2,18,19,20). The summed E-state index contributed by atoms with van der Waals surface area (Å²) >= 11 is 0. The zero-order valence-electron chi connectivity index (χ0n) is 12.5. The lowest BCUT2D eigenvalue weighted by Gasteiger charge is -2.23. The first kappa shape index (κ1) is 13.8. The maximum atomic E-state index is 13.5. The van der Waals surface area contributed by atoms with Gasteiger partial charge < -0.3 is 10.6 Å². The van der Waals surface area contributed by atoms with Gasteiger partial charge in [0.15, 0.2) is 0 Å². The smallest absolute Gasteiger partial charge is 0.138 e. The summed E-state index contributed by atoms with van der Waals surface area (Å²) < 4.78 is 13.5. The van der Waals surface area contributed by atoms with Gasteiger partial charge >= 0.3 is 0 Å². The summed E-state index contributed by atoms with van der Waals surface area (Å²) in [6.07, 6.45) is 0.879. The molecule has 0 spiro atoms. The Labute approximate surface area is 123 Å². The third-order valence-corrected chi connectivity index (χ3v) is 3.62. The number of halogens is 1. The quantitative estimate of drug-likeness (QED) is 0.874. The summed E-state index contributed by atoms with van der Waals surface area (Å²) in [7, 11) is 0. The van der Waals surface area contributed by atoms with Gasteiger partial charge in [-0.1, -0.05) is 26.8 Å². The highest BCUT2D eigenvalue weighted by Gasteiger charge is 2.25. The summed E-state index contributed by atoms with van der Waals surface area (Å²) in [4.78, 5) is 10.9. The van der Waals surface area contributed by atoms with Crippen molar-refractivity contribution in [3.05, 3.63) is 41.5 Å². The molecule has 0 radical (unpaired) electrons. The second-order valence-electron chi connectivity index (χ2n) is 6.40. The van der Waals surface area contributed by atoms with Crippen LogP contribution in [0.4, 0.5) is 21.7 Å².